The molecule has 2 saturated carbocycles. The van der Waals surface area contributed by atoms with Gasteiger partial charge in [-0.3, -0.25) is 0 Å². The first-order valence-corrected chi connectivity index (χ1v) is 20.4. The fraction of sp³-hybridized carbons (Fsp3) is 0.419. The van der Waals surface area contributed by atoms with Gasteiger partial charge in [0.05, 0.1) is 33.8 Å². The third kappa shape index (κ3) is 11.5. The highest BCUT2D eigenvalue weighted by Gasteiger charge is 2.27. The van der Waals surface area contributed by atoms with Crippen LogP contribution in [0, 0.1) is 0 Å². The zero-order chi connectivity index (χ0) is 41.2. The number of anilines is 2. The molecular formula is C43H55Cl3N10O2. The minimum Gasteiger partial charge on any atom is -0.444 e. The van der Waals surface area contributed by atoms with Gasteiger partial charge in [0.25, 0.3) is 0 Å². The topological polar surface area (TPSA) is 172 Å². The van der Waals surface area contributed by atoms with E-state index in [-0.39, 0.29) is 36.6 Å². The molecule has 12 nitrogen and oxygen atoms in total. The first-order valence-electron chi connectivity index (χ1n) is 20.4. The third-order valence-corrected chi connectivity index (χ3v) is 10.5. The largest absolute Gasteiger partial charge is 0.444 e. The molecule has 4 aromatic heterocycles. The predicted octanol–water partition coefficient (Wildman–Crippen LogP) is 10.9. The van der Waals surface area contributed by atoms with Crippen molar-refractivity contribution in [1.82, 2.24) is 35.2 Å². The Morgan fingerprint density at radius 1 is 0.793 bits per heavy atom. The van der Waals surface area contributed by atoms with Crippen LogP contribution in [0.1, 0.15) is 87.3 Å². The van der Waals surface area contributed by atoms with Crippen LogP contribution in [0.2, 0.25) is 10.0 Å². The highest BCUT2D eigenvalue weighted by Crippen LogP contribution is 2.34. The Balaban J connectivity index is 0.000000212. The van der Waals surface area contributed by atoms with E-state index >= 15 is 0 Å². The summed E-state index contributed by atoms with van der Waals surface area (Å²) in [6, 6.07) is 17.0. The molecule has 0 spiro atoms. The third-order valence-electron chi connectivity index (χ3n) is 9.95. The number of aromatic amines is 2. The van der Waals surface area contributed by atoms with Crippen LogP contribution >= 0.6 is 35.6 Å². The van der Waals surface area contributed by atoms with Crippen molar-refractivity contribution in [3.8, 4) is 22.5 Å². The average molecular weight is 851 g/mol. The second-order valence-electron chi connectivity index (χ2n) is 15.4. The van der Waals surface area contributed by atoms with E-state index in [1.54, 1.807) is 19.3 Å². The lowest BCUT2D eigenvalue weighted by molar-refractivity contribution is 0.0492. The van der Waals surface area contributed by atoms with Crippen LogP contribution in [0.15, 0.2) is 73.3 Å². The molecule has 4 atom stereocenters. The van der Waals surface area contributed by atoms with Crippen LogP contribution in [0.25, 0.3) is 44.3 Å². The van der Waals surface area contributed by atoms with E-state index < -0.39 is 5.60 Å². The number of benzene rings is 2. The maximum absolute atomic E-state index is 12.1. The summed E-state index contributed by atoms with van der Waals surface area (Å²) < 4.78 is 11.6. The summed E-state index contributed by atoms with van der Waals surface area (Å²) in [5, 5.41) is 13.0. The van der Waals surface area contributed by atoms with Gasteiger partial charge >= 0.3 is 6.09 Å². The molecule has 7 N–H and O–H groups in total. The van der Waals surface area contributed by atoms with Gasteiger partial charge in [-0.15, -0.1) is 12.4 Å². The number of amides is 1. The van der Waals surface area contributed by atoms with E-state index in [1.165, 1.54) is 0 Å². The van der Waals surface area contributed by atoms with Crippen LogP contribution in [-0.4, -0.2) is 65.8 Å². The lowest BCUT2D eigenvalue weighted by atomic mass is 9.91. The number of hydrogen-bond donors (Lipinski definition) is 6. The number of rotatable bonds is 7. The predicted molar refractivity (Wildman–Crippen MR) is 240 cm³/mol. The summed E-state index contributed by atoms with van der Waals surface area (Å²) in [6.07, 6.45) is 14.8. The van der Waals surface area contributed by atoms with Crippen molar-refractivity contribution in [2.45, 2.75) is 116 Å². The number of halogens is 3. The monoisotopic (exact) mass is 849 g/mol. The number of alkyl carbamates (subject to hydrolysis) is 1. The number of nitrogens with two attached hydrogens (primary N) is 1. The number of nitrogens with one attached hydrogen (secondary N) is 5. The maximum Gasteiger partial charge on any atom is 0.407 e. The van der Waals surface area contributed by atoms with Crippen LogP contribution in [0.5, 0.6) is 0 Å². The molecule has 0 saturated heterocycles. The zero-order valence-corrected chi connectivity index (χ0v) is 35.8. The summed E-state index contributed by atoms with van der Waals surface area (Å²) in [5.74, 6) is 1.14. The normalized spacial score (nSPS) is 19.3. The van der Waals surface area contributed by atoms with Gasteiger partial charge in [0.2, 0.25) is 11.9 Å². The highest BCUT2D eigenvalue weighted by molar-refractivity contribution is 6.33. The first kappa shape index (κ1) is 43.0. The van der Waals surface area contributed by atoms with Crippen molar-refractivity contribution in [3.63, 3.8) is 0 Å². The summed E-state index contributed by atoms with van der Waals surface area (Å²) in [5.41, 5.74) is 11.0. The van der Waals surface area contributed by atoms with Crippen molar-refractivity contribution >= 4 is 75.4 Å². The molecule has 1 amide bonds. The van der Waals surface area contributed by atoms with E-state index in [1.807, 2.05) is 75.6 Å². The first-order chi connectivity index (χ1) is 27.9. The average Bonchev–Trinajstić information content (AvgIpc) is 3.81. The van der Waals surface area contributed by atoms with Crippen LogP contribution in [-0.2, 0) is 4.74 Å². The number of para-hydroxylation sites is 2. The quantitative estimate of drug-likeness (QED) is 0.0914. The smallest absolute Gasteiger partial charge is 0.407 e. The zero-order valence-electron chi connectivity index (χ0n) is 34.4. The van der Waals surface area contributed by atoms with Crippen LogP contribution in [0.4, 0.5) is 16.7 Å². The number of aromatic nitrogens is 6. The molecule has 0 radical (unpaired) electrons. The molecule has 4 heterocycles. The van der Waals surface area contributed by atoms with Gasteiger partial charge in [0.15, 0.2) is 0 Å². The summed E-state index contributed by atoms with van der Waals surface area (Å²) in [7, 11) is 0. The highest BCUT2D eigenvalue weighted by atomic mass is 35.5. The van der Waals surface area contributed by atoms with E-state index in [2.05, 4.69) is 46.9 Å². The molecule has 2 fully saturated rings. The van der Waals surface area contributed by atoms with Gasteiger partial charge in [-0.25, -0.2) is 24.7 Å². The number of carbonyl (C=O) groups excluding carboxylic acids is 1. The fourth-order valence-corrected chi connectivity index (χ4v) is 7.82. The van der Waals surface area contributed by atoms with Crippen LogP contribution in [0.3, 0.4) is 0 Å². The van der Waals surface area contributed by atoms with E-state index in [4.69, 9.17) is 40.0 Å². The molecule has 0 unspecified atom stereocenters. The van der Waals surface area contributed by atoms with E-state index in [0.29, 0.717) is 40.6 Å². The van der Waals surface area contributed by atoms with Crippen molar-refractivity contribution in [2.75, 3.05) is 10.6 Å². The second kappa shape index (κ2) is 20.4. The molecule has 2 aliphatic rings. The maximum atomic E-state index is 12.1. The summed E-state index contributed by atoms with van der Waals surface area (Å²) in [6.45, 7) is 7.88. The fourth-order valence-electron chi connectivity index (χ4n) is 7.44. The number of hydrogen-bond acceptors (Lipinski definition) is 9. The lowest BCUT2D eigenvalue weighted by Gasteiger charge is -2.31. The van der Waals surface area contributed by atoms with Gasteiger partial charge in [-0.2, -0.15) is 0 Å². The van der Waals surface area contributed by atoms with Crippen molar-refractivity contribution in [3.05, 3.63) is 83.4 Å². The number of H-pyrrole nitrogens is 2. The van der Waals surface area contributed by atoms with Crippen molar-refractivity contribution < 1.29 is 10.9 Å². The van der Waals surface area contributed by atoms with Gasteiger partial charge < -0.3 is 36.4 Å². The van der Waals surface area contributed by atoms with Crippen molar-refractivity contribution in [1.29, 1.82) is 0 Å². The number of nitrogens with zero attached hydrogens (tertiary/aromatic N) is 4. The standard InChI is InChI=1S/C23H28ClN5O2.C18H20ClN5.C2H6.ClH/c1-23(2,3)31-22(30)28-15-8-6-7-14(11-15)27-21-26-13-18(24)20(29-21)17-12-25-19-10-5-4-9-16(17)19;19-15-10-22-18(23-12-5-3-4-11(20)8-12)24-17(15)14-9-21-16-7-2-1-6-13(14)16;1-2;/h4-5,9-10,12-15,25H,6-8,11H2,1-3H3,(H,28,30)(H,26,27,29);1-2,6-7,9-12,21H,3-5,8,20H2,(H,22,23,24);1-2H3;1H/t14-,15+;11-,12+;;/m10../s1/i;;1D;. The molecule has 2 aromatic carbocycles. The molecule has 15 heteroatoms. The molecule has 310 valence electrons. The molecule has 6 aromatic rings. The van der Waals surface area contributed by atoms with Crippen molar-refractivity contribution in [2.24, 2.45) is 5.73 Å². The summed E-state index contributed by atoms with van der Waals surface area (Å²) in [4.78, 5) is 36.7. The molecular weight excluding hydrogens is 795 g/mol. The Bertz CT molecular complexity index is 2280. The molecule has 58 heavy (non-hydrogen) atoms. The molecule has 8 rings (SSSR count). The lowest BCUT2D eigenvalue weighted by Crippen LogP contribution is -2.44. The summed E-state index contributed by atoms with van der Waals surface area (Å²) >= 11 is 12.8. The van der Waals surface area contributed by atoms with Gasteiger partial charge in [0.1, 0.15) is 5.60 Å². The Hall–Kier alpha value is -4.62. The minimum absolute atomic E-state index is 0. The van der Waals surface area contributed by atoms with Gasteiger partial charge in [0, 0.05) is 70.9 Å². The Labute approximate surface area is 358 Å². The number of fused-ring (bicyclic) bond motifs is 2. The SMILES string of the molecule is CC(C)(C)OC(=O)N[C@H]1CCC[C@@H](Nc2ncc(Cl)c(-c3c[nH]c4ccccc34)n2)C1.Cl.N[C@H]1CCC[C@@H](Nc2ncc(Cl)c(-c3c[nH]c4ccccc34)n2)C1.[2H]CC. The van der Waals surface area contributed by atoms with E-state index in [9.17, 15) is 4.79 Å². The second-order valence-corrected chi connectivity index (χ2v) is 16.2. The van der Waals surface area contributed by atoms with E-state index in [0.717, 1.165) is 90.0 Å². The van der Waals surface area contributed by atoms with Gasteiger partial charge in [-0.05, 0) is 84.3 Å². The Morgan fingerprint density at radius 2 is 1.26 bits per heavy atom. The molecule has 0 bridgehead atoms. The Morgan fingerprint density at radius 3 is 1.76 bits per heavy atom. The number of carbonyl (C=O) groups is 1. The molecule has 0 aliphatic heterocycles. The number of ether oxygens (including phenoxy) is 1. The molecule has 2 aliphatic carbocycles. The Kier molecular flexibility index (Phi) is 15.1. The van der Waals surface area contributed by atoms with Crippen LogP contribution < -0.4 is 21.7 Å². The van der Waals surface area contributed by atoms with Gasteiger partial charge in [-0.1, -0.05) is 73.4 Å². The minimum atomic E-state index is -0.508.